The average Bonchev–Trinajstić information content (AvgIpc) is 2.73. The predicted octanol–water partition coefficient (Wildman–Crippen LogP) is 4.19. The lowest BCUT2D eigenvalue weighted by Gasteiger charge is -2.36. The van der Waals surface area contributed by atoms with Crippen molar-refractivity contribution in [2.45, 2.75) is 19.9 Å². The summed E-state index contributed by atoms with van der Waals surface area (Å²) in [5.41, 5.74) is 2.31. The van der Waals surface area contributed by atoms with Gasteiger partial charge in [-0.15, -0.1) is 0 Å². The number of likely N-dealkylation sites (N-methyl/N-ethyl adjacent to an activating group) is 1. The largest absolute Gasteiger partial charge is 0.367 e. The second-order valence-electron chi connectivity index (χ2n) is 7.18. The van der Waals surface area contributed by atoms with Crippen LogP contribution < -0.4 is 10.2 Å². The number of rotatable bonds is 5. The number of hydrogen-bond acceptors (Lipinski definition) is 3. The van der Waals surface area contributed by atoms with E-state index < -0.39 is 0 Å². The number of benzene rings is 2. The van der Waals surface area contributed by atoms with Gasteiger partial charge in [0.15, 0.2) is 0 Å². The number of hydrogen-bond donors (Lipinski definition) is 1. The molecule has 150 valence electrons. The minimum absolute atomic E-state index is 0.254. The summed E-state index contributed by atoms with van der Waals surface area (Å²) >= 11 is 0. The van der Waals surface area contributed by atoms with Gasteiger partial charge in [-0.05, 0) is 31.7 Å². The Morgan fingerprint density at radius 3 is 2.43 bits per heavy atom. The van der Waals surface area contributed by atoms with Crippen LogP contribution in [0.4, 0.5) is 20.6 Å². The van der Waals surface area contributed by atoms with Crippen LogP contribution in [0, 0.1) is 5.82 Å². The van der Waals surface area contributed by atoms with Crippen LogP contribution >= 0.6 is 0 Å². The van der Waals surface area contributed by atoms with E-state index in [1.807, 2.05) is 31.2 Å². The van der Waals surface area contributed by atoms with E-state index in [0.29, 0.717) is 5.56 Å². The highest BCUT2D eigenvalue weighted by atomic mass is 19.1. The quantitative estimate of drug-likeness (QED) is 0.840. The van der Waals surface area contributed by atoms with E-state index in [4.69, 9.17) is 0 Å². The number of anilines is 2. The first-order valence-electron chi connectivity index (χ1n) is 9.85. The van der Waals surface area contributed by atoms with Gasteiger partial charge in [-0.3, -0.25) is 0 Å². The first-order chi connectivity index (χ1) is 13.5. The molecule has 1 unspecified atom stereocenters. The van der Waals surface area contributed by atoms with Crippen molar-refractivity contribution in [2.75, 3.05) is 50.0 Å². The van der Waals surface area contributed by atoms with Crippen molar-refractivity contribution in [1.82, 2.24) is 9.80 Å². The Kier molecular flexibility index (Phi) is 6.52. The fraction of sp³-hybridized carbons (Fsp3) is 0.409. The number of para-hydroxylation sites is 2. The summed E-state index contributed by atoms with van der Waals surface area (Å²) in [5, 5.41) is 3.01. The smallest absolute Gasteiger partial charge is 0.322 e. The molecule has 0 spiro atoms. The van der Waals surface area contributed by atoms with Crippen LogP contribution in [0.5, 0.6) is 0 Å². The van der Waals surface area contributed by atoms with E-state index in [1.165, 1.54) is 11.0 Å². The molecule has 1 atom stereocenters. The van der Waals surface area contributed by atoms with Crippen LogP contribution in [-0.4, -0.2) is 55.6 Å². The third kappa shape index (κ3) is 4.44. The standard InChI is InChI=1S/C22H29FN4O/c1-4-26-13-15-27(16-14-26)21-12-8-7-11-20(21)24-22(28)25(3)17(2)18-9-5-6-10-19(18)23/h5-12,17H,4,13-16H2,1-3H3,(H,24,28). The third-order valence-corrected chi connectivity index (χ3v) is 5.56. The minimum atomic E-state index is -0.374. The van der Waals surface area contributed by atoms with Crippen molar-refractivity contribution in [3.63, 3.8) is 0 Å². The second kappa shape index (κ2) is 9.06. The zero-order valence-corrected chi connectivity index (χ0v) is 16.9. The molecule has 0 bridgehead atoms. The number of nitrogens with zero attached hydrogens (tertiary/aromatic N) is 3. The fourth-order valence-electron chi connectivity index (χ4n) is 3.56. The molecule has 1 aliphatic rings. The second-order valence-corrected chi connectivity index (χ2v) is 7.18. The lowest BCUT2D eigenvalue weighted by atomic mass is 10.1. The highest BCUT2D eigenvalue weighted by molar-refractivity contribution is 5.93. The summed E-state index contributed by atoms with van der Waals surface area (Å²) in [6, 6.07) is 13.8. The summed E-state index contributed by atoms with van der Waals surface area (Å²) in [7, 11) is 1.69. The number of amides is 2. The van der Waals surface area contributed by atoms with Crippen molar-refractivity contribution in [1.29, 1.82) is 0 Å². The number of urea groups is 1. The Hall–Kier alpha value is -2.60. The minimum Gasteiger partial charge on any atom is -0.367 e. The molecular weight excluding hydrogens is 355 g/mol. The zero-order valence-electron chi connectivity index (χ0n) is 16.9. The summed E-state index contributed by atoms with van der Waals surface area (Å²) in [6.07, 6.45) is 0. The molecule has 1 heterocycles. The van der Waals surface area contributed by atoms with E-state index in [9.17, 15) is 9.18 Å². The maximum atomic E-state index is 14.1. The first-order valence-corrected chi connectivity index (χ1v) is 9.85. The maximum absolute atomic E-state index is 14.1. The van der Waals surface area contributed by atoms with Gasteiger partial charge in [0.1, 0.15) is 5.82 Å². The maximum Gasteiger partial charge on any atom is 0.322 e. The summed E-state index contributed by atoms with van der Waals surface area (Å²) in [4.78, 5) is 19.1. The molecule has 2 amide bonds. The van der Waals surface area contributed by atoms with Gasteiger partial charge in [-0.1, -0.05) is 37.3 Å². The molecule has 0 saturated carbocycles. The highest BCUT2D eigenvalue weighted by Gasteiger charge is 2.22. The number of piperazine rings is 1. The van der Waals surface area contributed by atoms with E-state index in [2.05, 4.69) is 22.0 Å². The molecule has 1 aliphatic heterocycles. The van der Waals surface area contributed by atoms with Crippen molar-refractivity contribution < 1.29 is 9.18 Å². The molecule has 2 aromatic rings. The Balaban J connectivity index is 1.71. The van der Waals surface area contributed by atoms with Crippen molar-refractivity contribution in [3.8, 4) is 0 Å². The molecule has 0 radical (unpaired) electrons. The molecule has 1 saturated heterocycles. The molecule has 2 aromatic carbocycles. The van der Waals surface area contributed by atoms with E-state index in [-0.39, 0.29) is 17.9 Å². The average molecular weight is 384 g/mol. The predicted molar refractivity (Wildman–Crippen MR) is 112 cm³/mol. The van der Waals surface area contributed by atoms with Gasteiger partial charge >= 0.3 is 6.03 Å². The number of nitrogens with one attached hydrogen (secondary N) is 1. The lowest BCUT2D eigenvalue weighted by molar-refractivity contribution is 0.207. The van der Waals surface area contributed by atoms with Crippen molar-refractivity contribution >= 4 is 17.4 Å². The van der Waals surface area contributed by atoms with Crippen LogP contribution in [0.1, 0.15) is 25.5 Å². The molecule has 3 rings (SSSR count). The van der Waals surface area contributed by atoms with Gasteiger partial charge in [0.25, 0.3) is 0 Å². The fourth-order valence-corrected chi connectivity index (χ4v) is 3.56. The molecule has 5 nitrogen and oxygen atoms in total. The Morgan fingerprint density at radius 2 is 1.75 bits per heavy atom. The van der Waals surface area contributed by atoms with Crippen molar-refractivity contribution in [2.24, 2.45) is 0 Å². The summed E-state index contributed by atoms with van der Waals surface area (Å²) in [5.74, 6) is -0.302. The van der Waals surface area contributed by atoms with Crippen LogP contribution in [-0.2, 0) is 0 Å². The topological polar surface area (TPSA) is 38.8 Å². The molecule has 0 aliphatic carbocycles. The number of carbonyl (C=O) groups excluding carboxylic acids is 1. The van der Waals surface area contributed by atoms with Gasteiger partial charge in [-0.25, -0.2) is 9.18 Å². The summed E-state index contributed by atoms with van der Waals surface area (Å²) < 4.78 is 14.1. The highest BCUT2D eigenvalue weighted by Crippen LogP contribution is 2.28. The Labute approximate surface area is 166 Å². The van der Waals surface area contributed by atoms with Gasteiger partial charge in [0, 0.05) is 38.8 Å². The molecule has 1 N–H and O–H groups in total. The number of carbonyl (C=O) groups is 1. The zero-order chi connectivity index (χ0) is 20.1. The Morgan fingerprint density at radius 1 is 1.11 bits per heavy atom. The van der Waals surface area contributed by atoms with Gasteiger partial charge in [0.05, 0.1) is 17.4 Å². The van der Waals surface area contributed by atoms with E-state index >= 15 is 0 Å². The van der Waals surface area contributed by atoms with Crippen LogP contribution in [0.25, 0.3) is 0 Å². The number of halogens is 1. The SMILES string of the molecule is CCN1CCN(c2ccccc2NC(=O)N(C)C(C)c2ccccc2F)CC1. The third-order valence-electron chi connectivity index (χ3n) is 5.56. The van der Waals surface area contributed by atoms with Crippen LogP contribution in [0.2, 0.25) is 0 Å². The molecule has 28 heavy (non-hydrogen) atoms. The molecular formula is C22H29FN4O. The van der Waals surface area contributed by atoms with Crippen LogP contribution in [0.15, 0.2) is 48.5 Å². The van der Waals surface area contributed by atoms with Crippen molar-refractivity contribution in [3.05, 3.63) is 59.9 Å². The van der Waals surface area contributed by atoms with E-state index in [0.717, 1.165) is 44.1 Å². The van der Waals surface area contributed by atoms with Gasteiger partial charge < -0.3 is 20.0 Å². The first kappa shape index (κ1) is 20.1. The van der Waals surface area contributed by atoms with Crippen LogP contribution in [0.3, 0.4) is 0 Å². The molecule has 0 aromatic heterocycles. The van der Waals surface area contributed by atoms with Gasteiger partial charge in [0.2, 0.25) is 0 Å². The van der Waals surface area contributed by atoms with Gasteiger partial charge in [-0.2, -0.15) is 0 Å². The molecule has 6 heteroatoms. The lowest BCUT2D eigenvalue weighted by Crippen LogP contribution is -2.46. The Bertz CT molecular complexity index is 805. The normalized spacial score (nSPS) is 15.9. The monoisotopic (exact) mass is 384 g/mol. The summed E-state index contributed by atoms with van der Waals surface area (Å²) in [6.45, 7) is 8.96. The molecule has 1 fully saturated rings. The van der Waals surface area contributed by atoms with E-state index in [1.54, 1.807) is 25.2 Å².